The van der Waals surface area contributed by atoms with Gasteiger partial charge in [0.1, 0.15) is 16.7 Å². The minimum atomic E-state index is -1.71. The average molecular weight is 484 g/mol. The monoisotopic (exact) mass is 483 g/mol. The van der Waals surface area contributed by atoms with E-state index in [0.29, 0.717) is 28.9 Å². The van der Waals surface area contributed by atoms with Crippen LogP contribution in [0.15, 0.2) is 78.5 Å². The molecule has 3 N–H and O–H groups in total. The van der Waals surface area contributed by atoms with E-state index in [2.05, 4.69) is 67.6 Å². The van der Waals surface area contributed by atoms with Gasteiger partial charge in [0.05, 0.1) is 10.6 Å². The van der Waals surface area contributed by atoms with Gasteiger partial charge < -0.3 is 15.0 Å². The topological polar surface area (TPSA) is 67.6 Å². The van der Waals surface area contributed by atoms with Crippen molar-refractivity contribution in [2.45, 2.75) is 57.4 Å². The predicted molar refractivity (Wildman–Crippen MR) is 146 cm³/mol. The number of nitrogens with zero attached hydrogens (tertiary/aromatic N) is 1. The lowest BCUT2D eigenvalue weighted by Crippen LogP contribution is -2.27. The second-order valence-electron chi connectivity index (χ2n) is 8.54. The van der Waals surface area contributed by atoms with Gasteiger partial charge >= 0.3 is 0 Å². The molecule has 1 aliphatic carbocycles. The van der Waals surface area contributed by atoms with Crippen LogP contribution in [-0.4, -0.2) is 23.8 Å². The Morgan fingerprint density at radius 3 is 2.59 bits per heavy atom. The van der Waals surface area contributed by atoms with Gasteiger partial charge in [0, 0.05) is 26.2 Å². The number of nitrogens with two attached hydrogens (primary N) is 1. The fraction of sp³-hybridized carbons (Fsp3) is 0.429. The molecule has 0 heterocycles. The van der Waals surface area contributed by atoms with Gasteiger partial charge in [0.2, 0.25) is 0 Å². The summed E-state index contributed by atoms with van der Waals surface area (Å²) in [5.74, 6) is 1.46. The number of benzene rings is 1. The normalized spacial score (nSPS) is 16.0. The molecular weight excluding hydrogens is 442 g/mol. The maximum absolute atomic E-state index is 12.6. The Balaban J connectivity index is 2.40. The van der Waals surface area contributed by atoms with Gasteiger partial charge in [-0.25, -0.2) is 9.35 Å². The van der Waals surface area contributed by atoms with Crippen LogP contribution in [0.5, 0.6) is 5.75 Å². The second kappa shape index (κ2) is 15.5. The van der Waals surface area contributed by atoms with Gasteiger partial charge in [0.25, 0.3) is 0 Å². The van der Waals surface area contributed by atoms with E-state index in [1.165, 1.54) is 0 Å². The van der Waals surface area contributed by atoms with Crippen LogP contribution >= 0.6 is 0 Å². The number of hydrogen-bond donors (Lipinski definition) is 2. The molecule has 0 saturated heterocycles. The van der Waals surface area contributed by atoms with Gasteiger partial charge in [-0.1, -0.05) is 76.3 Å². The number of nitrogens with one attached hydrogen (secondary N) is 1. The Morgan fingerprint density at radius 1 is 1.26 bits per heavy atom. The molecule has 1 aromatic carbocycles. The largest absolute Gasteiger partial charge is 0.454 e. The lowest BCUT2D eigenvalue weighted by atomic mass is 10.0. The third kappa shape index (κ3) is 9.09. The summed E-state index contributed by atoms with van der Waals surface area (Å²) >= 11 is 0. The molecule has 0 aliphatic heterocycles. The van der Waals surface area contributed by atoms with Crippen molar-refractivity contribution in [2.75, 3.05) is 24.5 Å². The quantitative estimate of drug-likeness (QED) is 0.226. The molecule has 2 unspecified atom stereocenters. The molecule has 0 saturated carbocycles. The van der Waals surface area contributed by atoms with Crippen LogP contribution in [-0.2, 0) is 17.5 Å². The van der Waals surface area contributed by atoms with Crippen molar-refractivity contribution in [1.29, 1.82) is 0 Å². The highest BCUT2D eigenvalue weighted by molar-refractivity contribution is 7.82. The number of allylic oxidation sites excluding steroid dienone is 6. The Labute approximate surface area is 208 Å². The minimum Gasteiger partial charge on any atom is -0.454 e. The van der Waals surface area contributed by atoms with Crippen molar-refractivity contribution in [1.82, 2.24) is 5.32 Å². The minimum absolute atomic E-state index is 0.446. The summed E-state index contributed by atoms with van der Waals surface area (Å²) in [4.78, 5) is 2.82. The third-order valence-electron chi connectivity index (χ3n) is 5.67. The number of anilines is 1. The average Bonchev–Trinajstić information content (AvgIpc) is 2.84. The number of ether oxygens (including phenoxy) is 1. The maximum Gasteiger partial charge on any atom is 0.168 e. The molecule has 1 aliphatic rings. The van der Waals surface area contributed by atoms with Crippen LogP contribution in [0.4, 0.5) is 5.69 Å². The van der Waals surface area contributed by atoms with E-state index < -0.39 is 11.0 Å². The van der Waals surface area contributed by atoms with Crippen molar-refractivity contribution in [3.8, 4) is 5.75 Å². The fourth-order valence-electron chi connectivity index (χ4n) is 3.81. The maximum atomic E-state index is 12.6. The summed E-state index contributed by atoms with van der Waals surface area (Å²) in [6, 6.07) is 4.03. The second-order valence-corrected chi connectivity index (χ2v) is 9.57. The highest BCUT2D eigenvalue weighted by Gasteiger charge is 2.21. The van der Waals surface area contributed by atoms with Gasteiger partial charge in [0.15, 0.2) is 5.75 Å². The highest BCUT2D eigenvalue weighted by atomic mass is 32.2. The lowest BCUT2D eigenvalue weighted by molar-refractivity contribution is 0.433. The molecule has 0 radical (unpaired) electrons. The van der Waals surface area contributed by atoms with Gasteiger partial charge in [-0.15, -0.1) is 0 Å². The third-order valence-corrected chi connectivity index (χ3v) is 6.41. The summed E-state index contributed by atoms with van der Waals surface area (Å²) < 4.78 is 18.8. The zero-order valence-corrected chi connectivity index (χ0v) is 21.6. The van der Waals surface area contributed by atoms with E-state index >= 15 is 0 Å². The van der Waals surface area contributed by atoms with Crippen LogP contribution in [0.25, 0.3) is 0 Å². The van der Waals surface area contributed by atoms with Crippen LogP contribution in [0.3, 0.4) is 0 Å². The van der Waals surface area contributed by atoms with Gasteiger partial charge in [-0.3, -0.25) is 0 Å². The number of rotatable bonds is 16. The molecule has 34 heavy (non-hydrogen) atoms. The molecule has 5 nitrogen and oxygen atoms in total. The first-order valence-electron chi connectivity index (χ1n) is 12.3. The van der Waals surface area contributed by atoms with Crippen molar-refractivity contribution in [2.24, 2.45) is 11.1 Å². The Hall–Kier alpha value is -2.41. The molecule has 0 amide bonds. The van der Waals surface area contributed by atoms with Crippen LogP contribution in [0.1, 0.15) is 51.5 Å². The van der Waals surface area contributed by atoms with Gasteiger partial charge in [-0.2, -0.15) is 0 Å². The van der Waals surface area contributed by atoms with Crippen molar-refractivity contribution in [3.05, 3.63) is 79.1 Å². The smallest absolute Gasteiger partial charge is 0.168 e. The molecule has 1 aromatic rings. The first-order chi connectivity index (χ1) is 16.5. The molecule has 0 bridgehead atoms. The molecule has 2 rings (SSSR count). The fourth-order valence-corrected chi connectivity index (χ4v) is 4.40. The molecule has 0 fully saturated rings. The van der Waals surface area contributed by atoms with E-state index in [1.807, 2.05) is 6.07 Å². The first-order valence-corrected chi connectivity index (χ1v) is 13.5. The summed E-state index contributed by atoms with van der Waals surface area (Å²) in [7, 11) is -1.71. The Morgan fingerprint density at radius 2 is 2.00 bits per heavy atom. The number of unbranched alkanes of at least 4 members (excludes halogenated alkanes) is 2. The Bertz CT molecular complexity index is 912. The molecular formula is C28H41N3O2S. The van der Waals surface area contributed by atoms with Crippen molar-refractivity contribution in [3.63, 3.8) is 0 Å². The summed E-state index contributed by atoms with van der Waals surface area (Å²) in [6.45, 7) is 15.4. The van der Waals surface area contributed by atoms with Crippen LogP contribution in [0, 0.1) is 5.92 Å². The van der Waals surface area contributed by atoms with E-state index in [4.69, 9.17) is 9.88 Å². The summed E-state index contributed by atoms with van der Waals surface area (Å²) in [5, 5.41) is 9.50. The molecule has 186 valence electrons. The summed E-state index contributed by atoms with van der Waals surface area (Å²) in [6.07, 6.45) is 19.1. The molecule has 0 aromatic heterocycles. The van der Waals surface area contributed by atoms with E-state index in [1.54, 1.807) is 18.2 Å². The van der Waals surface area contributed by atoms with Crippen molar-refractivity contribution < 1.29 is 8.95 Å². The summed E-state index contributed by atoms with van der Waals surface area (Å²) in [5.41, 5.74) is 1.96. The predicted octanol–water partition coefficient (Wildman–Crippen LogP) is 5.93. The standard InChI is InChI=1S/C28H41N3O2S/c1-5-8-14-23(4)33-28-26(31(17-9-6-2)18-10-7-3)19-25(20-27(28)34(29)32)22-30-21-24-15-12-11-13-16-24/h5,8,11-15,19-20,24,30H,1,4,6-7,9-10,16-18,21-22,29H2,2-3H3/b14-8-. The zero-order chi connectivity index (χ0) is 24.8. The van der Waals surface area contributed by atoms with E-state index in [-0.39, 0.29) is 0 Å². The van der Waals surface area contributed by atoms with E-state index in [9.17, 15) is 4.21 Å². The molecule has 0 spiro atoms. The van der Waals surface area contributed by atoms with Crippen molar-refractivity contribution >= 4 is 16.7 Å². The highest BCUT2D eigenvalue weighted by Crippen LogP contribution is 2.37. The SMILES string of the molecule is C=C/C=C\C(=C)Oc1c(N(CCCC)CCCC)cc(CNCC2C=CC=CC2)cc1S(N)=O. The van der Waals surface area contributed by atoms with E-state index in [0.717, 1.165) is 63.0 Å². The van der Waals surface area contributed by atoms with Crippen LogP contribution in [0.2, 0.25) is 0 Å². The Kier molecular flexibility index (Phi) is 12.7. The zero-order valence-electron chi connectivity index (χ0n) is 20.8. The first kappa shape index (κ1) is 27.8. The molecule has 6 heteroatoms. The lowest BCUT2D eigenvalue weighted by Gasteiger charge is -2.28. The number of hydrogen-bond acceptors (Lipinski definition) is 4. The van der Waals surface area contributed by atoms with Gasteiger partial charge in [-0.05, 0) is 49.0 Å². The molecule has 2 atom stereocenters. The van der Waals surface area contributed by atoms with Crippen LogP contribution < -0.4 is 20.1 Å².